The molecule has 0 aliphatic heterocycles. The third kappa shape index (κ3) is 7.01. The number of nitro benzene ring substituents is 2. The van der Waals surface area contributed by atoms with Gasteiger partial charge in [-0.2, -0.15) is 26.3 Å². The van der Waals surface area contributed by atoms with Crippen molar-refractivity contribution in [2.75, 3.05) is 0 Å². The fraction of sp³-hybridized carbons (Fsp3) is 0.0741. The van der Waals surface area contributed by atoms with Crippen LogP contribution >= 0.6 is 23.2 Å². The van der Waals surface area contributed by atoms with Crippen molar-refractivity contribution < 1.29 is 50.5 Å². The van der Waals surface area contributed by atoms with E-state index >= 15 is 0 Å². The van der Waals surface area contributed by atoms with E-state index in [1.54, 1.807) is 0 Å². The lowest BCUT2D eigenvalue weighted by atomic mass is 9.99. The van der Waals surface area contributed by atoms with E-state index in [1.165, 1.54) is 0 Å². The zero-order valence-corrected chi connectivity index (χ0v) is 22.7. The quantitative estimate of drug-likeness (QED) is 0.0798. The maximum absolute atomic E-state index is 13.5. The lowest BCUT2D eigenvalue weighted by molar-refractivity contribution is -0.385. The molecule has 4 aromatic rings. The molecular formula is C27H12Cl2F6N2O7. The molecule has 228 valence electrons. The molecule has 0 saturated heterocycles. The van der Waals surface area contributed by atoms with E-state index in [0.717, 1.165) is 48.5 Å². The summed E-state index contributed by atoms with van der Waals surface area (Å²) in [4.78, 5) is 35.0. The van der Waals surface area contributed by atoms with Gasteiger partial charge in [0.05, 0.1) is 31.0 Å². The molecule has 0 heterocycles. The summed E-state index contributed by atoms with van der Waals surface area (Å²) in [6.07, 6.45) is -9.42. The van der Waals surface area contributed by atoms with E-state index in [-0.39, 0.29) is 23.0 Å². The van der Waals surface area contributed by atoms with Crippen molar-refractivity contribution in [3.05, 3.63) is 125 Å². The van der Waals surface area contributed by atoms with Crippen molar-refractivity contribution in [2.45, 2.75) is 12.4 Å². The van der Waals surface area contributed by atoms with Crippen LogP contribution in [0.1, 0.15) is 27.0 Å². The van der Waals surface area contributed by atoms with Crippen LogP contribution in [0.2, 0.25) is 10.0 Å². The predicted molar refractivity (Wildman–Crippen MR) is 143 cm³/mol. The molecule has 9 nitrogen and oxygen atoms in total. The largest absolute Gasteiger partial charge is 0.456 e. The Bertz CT molecular complexity index is 1680. The van der Waals surface area contributed by atoms with Gasteiger partial charge in [-0.25, -0.2) is 0 Å². The molecule has 0 N–H and O–H groups in total. The highest BCUT2D eigenvalue weighted by atomic mass is 35.5. The molecule has 0 aliphatic rings. The van der Waals surface area contributed by atoms with Crippen LogP contribution in [0.4, 0.5) is 37.7 Å². The highest BCUT2D eigenvalue weighted by molar-refractivity contribution is 6.32. The third-order valence-electron chi connectivity index (χ3n) is 5.79. The van der Waals surface area contributed by atoms with Gasteiger partial charge in [-0.1, -0.05) is 23.2 Å². The minimum atomic E-state index is -4.71. The van der Waals surface area contributed by atoms with E-state index in [2.05, 4.69) is 0 Å². The van der Waals surface area contributed by atoms with Gasteiger partial charge in [0, 0.05) is 12.1 Å². The van der Waals surface area contributed by atoms with Crippen LogP contribution in [0.3, 0.4) is 0 Å². The van der Waals surface area contributed by atoms with Gasteiger partial charge in [0.15, 0.2) is 0 Å². The lowest BCUT2D eigenvalue weighted by Gasteiger charge is -2.13. The summed E-state index contributed by atoms with van der Waals surface area (Å²) in [5.41, 5.74) is -5.23. The topological polar surface area (TPSA) is 122 Å². The number of hydrogen-bond donors (Lipinski definition) is 0. The first-order valence-electron chi connectivity index (χ1n) is 11.7. The molecule has 0 saturated carbocycles. The Morgan fingerprint density at radius 1 is 0.614 bits per heavy atom. The zero-order valence-electron chi connectivity index (χ0n) is 21.2. The number of ether oxygens (including phenoxy) is 2. The summed E-state index contributed by atoms with van der Waals surface area (Å²) in [7, 11) is 0. The Hall–Kier alpha value is -4.89. The number of nitro groups is 2. The normalized spacial score (nSPS) is 11.6. The number of alkyl halides is 6. The van der Waals surface area contributed by atoms with Crippen molar-refractivity contribution in [2.24, 2.45) is 0 Å². The SMILES string of the molecule is O=C(c1cc(Oc2ccc(C(F)(F)F)cc2Cl)ccc1[N+](=O)[O-])c1cc(Oc2ccc(C(F)(F)F)cc2Cl)ccc1[N+](=O)[O-]. The monoisotopic (exact) mass is 660 g/mol. The average Bonchev–Trinajstić information content (AvgIpc) is 2.93. The number of carbonyl (C=O) groups excluding carboxylic acids is 1. The highest BCUT2D eigenvalue weighted by Gasteiger charge is 2.33. The number of halogens is 8. The van der Waals surface area contributed by atoms with Crippen LogP contribution in [0, 0.1) is 20.2 Å². The third-order valence-corrected chi connectivity index (χ3v) is 6.38. The number of carbonyl (C=O) groups is 1. The Balaban J connectivity index is 1.74. The lowest BCUT2D eigenvalue weighted by Crippen LogP contribution is -2.09. The molecule has 0 unspecified atom stereocenters. The van der Waals surface area contributed by atoms with E-state index in [4.69, 9.17) is 32.7 Å². The van der Waals surface area contributed by atoms with Gasteiger partial charge in [0.2, 0.25) is 5.78 Å². The average molecular weight is 661 g/mol. The van der Waals surface area contributed by atoms with E-state index < -0.39 is 71.7 Å². The van der Waals surface area contributed by atoms with Crippen LogP contribution in [0.15, 0.2) is 72.8 Å². The minimum Gasteiger partial charge on any atom is -0.456 e. The first-order valence-corrected chi connectivity index (χ1v) is 12.4. The number of rotatable bonds is 8. The van der Waals surface area contributed by atoms with Gasteiger partial charge in [0.25, 0.3) is 11.4 Å². The minimum absolute atomic E-state index is 0.299. The molecule has 4 aromatic carbocycles. The van der Waals surface area contributed by atoms with Crippen LogP contribution in [-0.2, 0) is 12.4 Å². The van der Waals surface area contributed by atoms with Gasteiger partial charge < -0.3 is 9.47 Å². The summed E-state index contributed by atoms with van der Waals surface area (Å²) in [5, 5.41) is 22.5. The molecule has 0 aliphatic carbocycles. The molecule has 17 heteroatoms. The molecule has 0 atom stereocenters. The van der Waals surface area contributed by atoms with Crippen molar-refractivity contribution in [1.82, 2.24) is 0 Å². The zero-order chi connectivity index (χ0) is 32.6. The Morgan fingerprint density at radius 2 is 0.977 bits per heavy atom. The van der Waals surface area contributed by atoms with E-state index in [1.807, 2.05) is 0 Å². The number of benzene rings is 4. The molecule has 0 amide bonds. The van der Waals surface area contributed by atoms with E-state index in [9.17, 15) is 51.4 Å². The maximum atomic E-state index is 13.5. The summed E-state index contributed by atoms with van der Waals surface area (Å²) < 4.78 is 88.7. The summed E-state index contributed by atoms with van der Waals surface area (Å²) in [6.45, 7) is 0. The van der Waals surface area contributed by atoms with Gasteiger partial charge in [-0.15, -0.1) is 0 Å². The molecule has 0 bridgehead atoms. The number of nitrogens with zero attached hydrogens (tertiary/aromatic N) is 2. The van der Waals surface area contributed by atoms with E-state index in [0.29, 0.717) is 24.3 Å². The Kier molecular flexibility index (Phi) is 8.74. The van der Waals surface area contributed by atoms with Crippen LogP contribution in [-0.4, -0.2) is 15.6 Å². The van der Waals surface area contributed by atoms with Crippen molar-refractivity contribution in [1.29, 1.82) is 0 Å². The maximum Gasteiger partial charge on any atom is 0.416 e. The summed E-state index contributed by atoms with van der Waals surface area (Å²) >= 11 is 11.8. The highest BCUT2D eigenvalue weighted by Crippen LogP contribution is 2.40. The first kappa shape index (κ1) is 32.0. The molecule has 4 rings (SSSR count). The Morgan fingerprint density at radius 3 is 1.27 bits per heavy atom. The molecular weight excluding hydrogens is 649 g/mol. The van der Waals surface area contributed by atoms with Crippen LogP contribution in [0.25, 0.3) is 0 Å². The fourth-order valence-corrected chi connectivity index (χ4v) is 4.20. The van der Waals surface area contributed by atoms with Crippen LogP contribution < -0.4 is 9.47 Å². The smallest absolute Gasteiger partial charge is 0.416 e. The standard InChI is InChI=1S/C27H12Cl2F6N2O7/c28-19-9-13(26(30,31)32)1-7-23(19)43-15-3-5-21(36(39)40)17(11-15)25(38)18-12-16(4-6-22(18)37(41)42)44-24-8-2-14(10-20(24)29)27(33,34)35/h1-12H. The number of ketones is 1. The molecule has 44 heavy (non-hydrogen) atoms. The first-order chi connectivity index (χ1) is 20.5. The van der Waals surface area contributed by atoms with Crippen LogP contribution in [0.5, 0.6) is 23.0 Å². The number of hydrogen-bond acceptors (Lipinski definition) is 7. The summed E-state index contributed by atoms with van der Waals surface area (Å²) in [5.74, 6) is -2.47. The molecule has 0 aromatic heterocycles. The second-order valence-corrected chi connectivity index (χ2v) is 9.51. The Labute approximate surface area is 251 Å². The summed E-state index contributed by atoms with van der Waals surface area (Å²) in [6, 6.07) is 9.59. The predicted octanol–water partition coefficient (Wildman–Crippen LogP) is 9.66. The molecule has 0 radical (unpaired) electrons. The van der Waals surface area contributed by atoms with Crippen molar-refractivity contribution in [3.8, 4) is 23.0 Å². The molecule has 0 fully saturated rings. The van der Waals surface area contributed by atoms with Crippen molar-refractivity contribution in [3.63, 3.8) is 0 Å². The van der Waals surface area contributed by atoms with Gasteiger partial charge in [-0.3, -0.25) is 25.0 Å². The second-order valence-electron chi connectivity index (χ2n) is 8.69. The fourth-order valence-electron chi connectivity index (χ4n) is 3.76. The van der Waals surface area contributed by atoms with Gasteiger partial charge in [0.1, 0.15) is 34.1 Å². The van der Waals surface area contributed by atoms with Gasteiger partial charge >= 0.3 is 12.4 Å². The second kappa shape index (κ2) is 12.0. The molecule has 0 spiro atoms. The van der Waals surface area contributed by atoms with Gasteiger partial charge in [-0.05, 0) is 60.7 Å². The van der Waals surface area contributed by atoms with Crippen molar-refractivity contribution >= 4 is 40.4 Å².